The minimum absolute atomic E-state index is 0.169. The Balaban J connectivity index is 1.68. The summed E-state index contributed by atoms with van der Waals surface area (Å²) in [5, 5.41) is 8.56. The number of benzene rings is 2. The van der Waals surface area contributed by atoms with E-state index in [4.69, 9.17) is 11.6 Å². The molecule has 2 aromatic heterocycles. The number of hydrogen-bond donors (Lipinski definition) is 1. The molecular formula is C25H26ClN5O3. The third-order valence-corrected chi connectivity index (χ3v) is 6.69. The molecule has 1 aliphatic carbocycles. The van der Waals surface area contributed by atoms with E-state index < -0.39 is 0 Å². The number of halogens is 1. The van der Waals surface area contributed by atoms with Gasteiger partial charge in [-0.15, -0.1) is 5.10 Å². The SMILES string of the molecule is CC(C)n1c(=O)c2ccc(C(=O)NC3CCCC3)cc2n2c(=O)n(Cc3ccc(Cl)cc3)nc12. The number of nitrogens with zero attached hydrogens (tertiary/aromatic N) is 4. The summed E-state index contributed by atoms with van der Waals surface area (Å²) in [6, 6.07) is 12.0. The van der Waals surface area contributed by atoms with Crippen molar-refractivity contribution in [3.8, 4) is 0 Å². The number of hydrogen-bond acceptors (Lipinski definition) is 4. The molecule has 1 saturated carbocycles. The summed E-state index contributed by atoms with van der Waals surface area (Å²) in [4.78, 5) is 39.7. The predicted molar refractivity (Wildman–Crippen MR) is 132 cm³/mol. The van der Waals surface area contributed by atoms with Crippen LogP contribution in [0.5, 0.6) is 0 Å². The Morgan fingerprint density at radius 3 is 2.50 bits per heavy atom. The highest BCUT2D eigenvalue weighted by molar-refractivity contribution is 6.30. The van der Waals surface area contributed by atoms with Gasteiger partial charge in [0.25, 0.3) is 11.5 Å². The summed E-state index contributed by atoms with van der Waals surface area (Å²) in [5.74, 6) is 0.0522. The van der Waals surface area contributed by atoms with Crippen LogP contribution < -0.4 is 16.6 Å². The standard InChI is InChI=1S/C25H26ClN5O3/c1-15(2)30-23(33)20-12-9-17(22(32)27-19-5-3-4-6-19)13-21(20)31-24(30)28-29(25(31)34)14-16-7-10-18(26)11-8-16/h7-13,15,19H,3-6,14H2,1-2H3,(H,27,32). The van der Waals surface area contributed by atoms with Gasteiger partial charge < -0.3 is 5.32 Å². The fourth-order valence-electron chi connectivity index (χ4n) is 4.69. The van der Waals surface area contributed by atoms with Gasteiger partial charge in [-0.25, -0.2) is 13.9 Å². The lowest BCUT2D eigenvalue weighted by Gasteiger charge is -2.14. The molecule has 0 radical (unpaired) electrons. The van der Waals surface area contributed by atoms with Gasteiger partial charge in [0, 0.05) is 22.7 Å². The highest BCUT2D eigenvalue weighted by Gasteiger charge is 2.22. The zero-order valence-electron chi connectivity index (χ0n) is 19.1. The second kappa shape index (κ2) is 8.76. The maximum Gasteiger partial charge on any atom is 0.352 e. The van der Waals surface area contributed by atoms with Crippen molar-refractivity contribution >= 4 is 34.2 Å². The second-order valence-corrected chi connectivity index (χ2v) is 9.59. The molecule has 2 aromatic carbocycles. The number of aromatic nitrogens is 4. The molecule has 0 bridgehead atoms. The number of amides is 1. The van der Waals surface area contributed by atoms with Crippen LogP contribution in [0, 0.1) is 0 Å². The molecule has 0 unspecified atom stereocenters. The van der Waals surface area contributed by atoms with Crippen LogP contribution in [0.2, 0.25) is 5.02 Å². The van der Waals surface area contributed by atoms with E-state index in [2.05, 4.69) is 10.4 Å². The molecule has 0 saturated heterocycles. The van der Waals surface area contributed by atoms with Gasteiger partial charge in [0.15, 0.2) is 0 Å². The monoisotopic (exact) mass is 479 g/mol. The molecule has 1 fully saturated rings. The van der Waals surface area contributed by atoms with E-state index in [9.17, 15) is 14.4 Å². The van der Waals surface area contributed by atoms with E-state index in [-0.39, 0.29) is 41.6 Å². The molecule has 34 heavy (non-hydrogen) atoms. The summed E-state index contributed by atoms with van der Waals surface area (Å²) in [6.07, 6.45) is 4.17. The zero-order valence-corrected chi connectivity index (χ0v) is 19.9. The Kier molecular flexibility index (Phi) is 5.77. The van der Waals surface area contributed by atoms with Crippen LogP contribution in [-0.4, -0.2) is 30.7 Å². The molecule has 4 aromatic rings. The molecule has 0 atom stereocenters. The van der Waals surface area contributed by atoms with Crippen LogP contribution in [0.15, 0.2) is 52.1 Å². The molecule has 0 spiro atoms. The molecule has 5 rings (SSSR count). The van der Waals surface area contributed by atoms with Gasteiger partial charge in [-0.3, -0.25) is 14.2 Å². The lowest BCUT2D eigenvalue weighted by atomic mass is 10.1. The maximum atomic E-state index is 13.5. The van der Waals surface area contributed by atoms with E-state index in [0.29, 0.717) is 21.5 Å². The fourth-order valence-corrected chi connectivity index (χ4v) is 4.82. The second-order valence-electron chi connectivity index (χ2n) is 9.16. The maximum absolute atomic E-state index is 13.5. The van der Waals surface area contributed by atoms with E-state index in [1.54, 1.807) is 30.3 Å². The highest BCUT2D eigenvalue weighted by atomic mass is 35.5. The Bertz CT molecular complexity index is 1510. The third-order valence-electron chi connectivity index (χ3n) is 6.44. The molecule has 9 heteroatoms. The molecule has 1 aliphatic rings. The van der Waals surface area contributed by atoms with Crippen LogP contribution >= 0.6 is 11.6 Å². The first-order valence-corrected chi connectivity index (χ1v) is 11.9. The Morgan fingerprint density at radius 1 is 1.12 bits per heavy atom. The lowest BCUT2D eigenvalue weighted by molar-refractivity contribution is 0.0938. The number of rotatable bonds is 5. The first-order valence-electron chi connectivity index (χ1n) is 11.6. The molecular weight excluding hydrogens is 454 g/mol. The smallest absolute Gasteiger partial charge is 0.349 e. The van der Waals surface area contributed by atoms with Crippen LogP contribution in [-0.2, 0) is 6.54 Å². The molecule has 1 N–H and O–H groups in total. The van der Waals surface area contributed by atoms with Gasteiger partial charge in [-0.2, -0.15) is 0 Å². The van der Waals surface area contributed by atoms with Crippen molar-refractivity contribution < 1.29 is 4.79 Å². The first kappa shape index (κ1) is 22.4. The fraction of sp³-hybridized carbons (Fsp3) is 0.360. The molecule has 0 aliphatic heterocycles. The quantitative estimate of drug-likeness (QED) is 0.472. The Morgan fingerprint density at radius 2 is 1.82 bits per heavy atom. The van der Waals surface area contributed by atoms with Crippen LogP contribution in [0.25, 0.3) is 16.7 Å². The summed E-state index contributed by atoms with van der Waals surface area (Å²) in [6.45, 7) is 3.98. The molecule has 176 valence electrons. The topological polar surface area (TPSA) is 90.4 Å². The average Bonchev–Trinajstić information content (AvgIpc) is 3.43. The molecule has 8 nitrogen and oxygen atoms in total. The van der Waals surface area contributed by atoms with Gasteiger partial charge in [0.05, 0.1) is 17.4 Å². The third kappa shape index (κ3) is 3.92. The van der Waals surface area contributed by atoms with E-state index in [1.165, 1.54) is 13.6 Å². The lowest BCUT2D eigenvalue weighted by Crippen LogP contribution is -2.33. The highest BCUT2D eigenvalue weighted by Crippen LogP contribution is 2.20. The zero-order chi connectivity index (χ0) is 24.0. The minimum Gasteiger partial charge on any atom is -0.349 e. The summed E-state index contributed by atoms with van der Waals surface area (Å²) in [5.41, 5.74) is 1.03. The summed E-state index contributed by atoms with van der Waals surface area (Å²) < 4.78 is 4.28. The van der Waals surface area contributed by atoms with E-state index >= 15 is 0 Å². The van der Waals surface area contributed by atoms with Crippen LogP contribution in [0.3, 0.4) is 0 Å². The van der Waals surface area contributed by atoms with Crippen molar-refractivity contribution in [2.24, 2.45) is 0 Å². The molecule has 2 heterocycles. The van der Waals surface area contributed by atoms with Gasteiger partial charge in [-0.05, 0) is 62.6 Å². The number of nitrogens with one attached hydrogen (secondary N) is 1. The Labute approximate surface area is 200 Å². The summed E-state index contributed by atoms with van der Waals surface area (Å²) >= 11 is 5.98. The van der Waals surface area contributed by atoms with Gasteiger partial charge in [0.1, 0.15) is 0 Å². The minimum atomic E-state index is -0.377. The van der Waals surface area contributed by atoms with Crippen LogP contribution in [0.1, 0.15) is 61.5 Å². The number of carbonyl (C=O) groups excluding carboxylic acids is 1. The van der Waals surface area contributed by atoms with Crippen molar-refractivity contribution in [2.75, 3.05) is 0 Å². The van der Waals surface area contributed by atoms with Gasteiger partial charge in [0.2, 0.25) is 5.78 Å². The first-order chi connectivity index (χ1) is 16.3. The Hall–Kier alpha value is -3.39. The van der Waals surface area contributed by atoms with Gasteiger partial charge in [-0.1, -0.05) is 36.6 Å². The molecule has 1 amide bonds. The van der Waals surface area contributed by atoms with Gasteiger partial charge >= 0.3 is 5.69 Å². The number of carbonyl (C=O) groups is 1. The van der Waals surface area contributed by atoms with E-state index in [0.717, 1.165) is 31.2 Å². The van der Waals surface area contributed by atoms with Crippen molar-refractivity contribution in [2.45, 2.75) is 58.2 Å². The van der Waals surface area contributed by atoms with Crippen molar-refractivity contribution in [3.63, 3.8) is 0 Å². The average molecular weight is 480 g/mol. The van der Waals surface area contributed by atoms with Crippen molar-refractivity contribution in [1.82, 2.24) is 24.1 Å². The normalized spacial score (nSPS) is 14.5. The predicted octanol–water partition coefficient (Wildman–Crippen LogP) is 3.77. The summed E-state index contributed by atoms with van der Waals surface area (Å²) in [7, 11) is 0. The van der Waals surface area contributed by atoms with Crippen molar-refractivity contribution in [1.29, 1.82) is 0 Å². The van der Waals surface area contributed by atoms with E-state index in [1.807, 2.05) is 26.0 Å². The largest absolute Gasteiger partial charge is 0.352 e. The van der Waals surface area contributed by atoms with Crippen LogP contribution in [0.4, 0.5) is 0 Å². The number of fused-ring (bicyclic) bond motifs is 3. The van der Waals surface area contributed by atoms with Crippen molar-refractivity contribution in [3.05, 3.63) is 79.5 Å².